The minimum absolute atomic E-state index is 0.0962. The van der Waals surface area contributed by atoms with Crippen LogP contribution in [0.15, 0.2) is 12.7 Å². The van der Waals surface area contributed by atoms with Crippen LogP contribution in [0.3, 0.4) is 0 Å². The number of nitrogens with zero attached hydrogens (tertiary/aromatic N) is 5. The van der Waals surface area contributed by atoms with Crippen LogP contribution in [0.5, 0.6) is 0 Å². The fraction of sp³-hybridized carbons (Fsp3) is 0.684. The third kappa shape index (κ3) is 4.05. The molecule has 2 aromatic heterocycles. The summed E-state index contributed by atoms with van der Waals surface area (Å²) in [7, 11) is 1.76. The zero-order valence-electron chi connectivity index (χ0n) is 16.7. The van der Waals surface area contributed by atoms with Gasteiger partial charge in [0, 0.05) is 7.05 Å². The summed E-state index contributed by atoms with van der Waals surface area (Å²) in [5.74, 6) is 0.517. The van der Waals surface area contributed by atoms with Crippen LogP contribution in [0.1, 0.15) is 38.1 Å². The maximum Gasteiger partial charge on any atom is 0.234 e. The Hall–Kier alpha value is -2.30. The first-order valence-corrected chi connectivity index (χ1v) is 10.3. The Bertz CT molecular complexity index is 851. The standard InChI is InChI=1S/C19H29N7O3/c1-20-18-15-19(22-10-21-18)26(11-23-15)13-6-5-12(16(28)17(13)29)24-14(27)9-25-7-3-2-4-8-25/h10-13,16-17,28-29H,2-9H2,1H3,(H,24,27)(H,20,21,22)/t12-,13-,16+,17+/m1/s1. The Labute approximate surface area is 169 Å². The summed E-state index contributed by atoms with van der Waals surface area (Å²) < 4.78 is 1.79. The van der Waals surface area contributed by atoms with Gasteiger partial charge in [-0.15, -0.1) is 0 Å². The van der Waals surface area contributed by atoms with E-state index in [1.165, 1.54) is 12.7 Å². The zero-order chi connectivity index (χ0) is 20.4. The van der Waals surface area contributed by atoms with Crippen molar-refractivity contribution < 1.29 is 15.0 Å². The second kappa shape index (κ2) is 8.60. The van der Waals surface area contributed by atoms with Crippen molar-refractivity contribution in [3.63, 3.8) is 0 Å². The predicted octanol–water partition coefficient (Wildman–Crippen LogP) is -0.105. The summed E-state index contributed by atoms with van der Waals surface area (Å²) >= 11 is 0. The fourth-order valence-electron chi connectivity index (χ4n) is 4.47. The van der Waals surface area contributed by atoms with E-state index in [9.17, 15) is 15.0 Å². The van der Waals surface area contributed by atoms with Crippen molar-refractivity contribution in [3.8, 4) is 0 Å². The smallest absolute Gasteiger partial charge is 0.234 e. The number of aromatic nitrogens is 4. The van der Waals surface area contributed by atoms with Gasteiger partial charge in [0.25, 0.3) is 0 Å². The number of hydrogen-bond acceptors (Lipinski definition) is 8. The molecule has 0 radical (unpaired) electrons. The second-order valence-corrected chi connectivity index (χ2v) is 7.93. The molecule has 2 aliphatic rings. The van der Waals surface area contributed by atoms with Crippen molar-refractivity contribution in [2.24, 2.45) is 0 Å². The number of hydrogen-bond donors (Lipinski definition) is 4. The van der Waals surface area contributed by atoms with Crippen LogP contribution in [0.2, 0.25) is 0 Å². The van der Waals surface area contributed by atoms with Crippen molar-refractivity contribution >= 4 is 22.9 Å². The molecule has 10 nitrogen and oxygen atoms in total. The first-order valence-electron chi connectivity index (χ1n) is 10.3. The Morgan fingerprint density at radius 3 is 2.69 bits per heavy atom. The van der Waals surface area contributed by atoms with E-state index in [4.69, 9.17) is 0 Å². The van der Waals surface area contributed by atoms with E-state index in [1.807, 2.05) is 0 Å². The van der Waals surface area contributed by atoms with Crippen molar-refractivity contribution in [2.45, 2.75) is 56.4 Å². The highest BCUT2D eigenvalue weighted by atomic mass is 16.3. The molecule has 1 amide bonds. The Morgan fingerprint density at radius 2 is 1.93 bits per heavy atom. The molecule has 158 valence electrons. The molecule has 4 N–H and O–H groups in total. The van der Waals surface area contributed by atoms with E-state index >= 15 is 0 Å². The first kappa shape index (κ1) is 20.0. The van der Waals surface area contributed by atoms with Gasteiger partial charge in [-0.2, -0.15) is 0 Å². The molecule has 0 aromatic carbocycles. The van der Waals surface area contributed by atoms with Gasteiger partial charge in [-0.25, -0.2) is 15.0 Å². The number of likely N-dealkylation sites (tertiary alicyclic amines) is 1. The van der Waals surface area contributed by atoms with E-state index in [2.05, 4.69) is 30.5 Å². The van der Waals surface area contributed by atoms with Gasteiger partial charge in [-0.1, -0.05) is 6.42 Å². The summed E-state index contributed by atoms with van der Waals surface area (Å²) in [5, 5.41) is 27.4. The molecule has 1 aliphatic heterocycles. The average Bonchev–Trinajstić information content (AvgIpc) is 3.16. The molecule has 1 saturated heterocycles. The summed E-state index contributed by atoms with van der Waals surface area (Å²) in [4.78, 5) is 27.4. The Balaban J connectivity index is 1.42. The van der Waals surface area contributed by atoms with Gasteiger partial charge in [-0.3, -0.25) is 9.69 Å². The van der Waals surface area contributed by atoms with E-state index in [1.54, 1.807) is 17.9 Å². The van der Waals surface area contributed by atoms with Crippen molar-refractivity contribution in [2.75, 3.05) is 32.0 Å². The third-order valence-electron chi connectivity index (χ3n) is 6.04. The molecule has 0 bridgehead atoms. The molecule has 0 spiro atoms. The quantitative estimate of drug-likeness (QED) is 0.545. The number of aliphatic hydroxyl groups is 2. The molecule has 4 rings (SSSR count). The SMILES string of the molecule is CNc1ncnc2c1ncn2[C@@H]1CC[C@@H](NC(=O)CN2CCCCC2)[C@H](O)[C@H]1O. The lowest BCUT2D eigenvalue weighted by Gasteiger charge is -2.38. The predicted molar refractivity (Wildman–Crippen MR) is 107 cm³/mol. The lowest BCUT2D eigenvalue weighted by molar-refractivity contribution is -0.126. The minimum atomic E-state index is -1.05. The van der Waals surface area contributed by atoms with Gasteiger partial charge in [0.15, 0.2) is 11.5 Å². The molecular formula is C19H29N7O3. The number of carbonyl (C=O) groups is 1. The highest BCUT2D eigenvalue weighted by Gasteiger charge is 2.39. The van der Waals surface area contributed by atoms with Crippen LogP contribution in [-0.2, 0) is 4.79 Å². The van der Waals surface area contributed by atoms with Crippen LogP contribution >= 0.6 is 0 Å². The lowest BCUT2D eigenvalue weighted by Crippen LogP contribution is -2.55. The number of piperidine rings is 1. The topological polar surface area (TPSA) is 128 Å². The molecule has 2 aromatic rings. The summed E-state index contributed by atoms with van der Waals surface area (Å²) in [6.45, 7) is 2.23. The molecule has 0 unspecified atom stereocenters. The molecule has 3 heterocycles. The number of carbonyl (C=O) groups excluding carboxylic acids is 1. The zero-order valence-corrected chi connectivity index (χ0v) is 16.7. The summed E-state index contributed by atoms with van der Waals surface area (Å²) in [6.07, 6.45) is 5.61. The number of imidazole rings is 1. The Morgan fingerprint density at radius 1 is 1.14 bits per heavy atom. The molecule has 4 atom stereocenters. The summed E-state index contributed by atoms with van der Waals surface area (Å²) in [6, 6.07) is -0.833. The number of anilines is 1. The van der Waals surface area contributed by atoms with E-state index in [0.29, 0.717) is 36.4 Å². The third-order valence-corrected chi connectivity index (χ3v) is 6.04. The number of aliphatic hydroxyl groups excluding tert-OH is 2. The van der Waals surface area contributed by atoms with E-state index < -0.39 is 18.2 Å². The molecule has 1 saturated carbocycles. The normalized spacial score (nSPS) is 28.4. The van der Waals surface area contributed by atoms with Gasteiger partial charge in [0.1, 0.15) is 24.1 Å². The second-order valence-electron chi connectivity index (χ2n) is 7.93. The number of nitrogens with one attached hydrogen (secondary N) is 2. The number of rotatable bonds is 5. The number of fused-ring (bicyclic) bond motifs is 1. The van der Waals surface area contributed by atoms with Crippen LogP contribution in [0, 0.1) is 0 Å². The lowest BCUT2D eigenvalue weighted by atomic mass is 9.85. The van der Waals surface area contributed by atoms with Crippen molar-refractivity contribution in [1.29, 1.82) is 0 Å². The molecule has 2 fully saturated rings. The van der Waals surface area contributed by atoms with Gasteiger partial charge >= 0.3 is 0 Å². The Kier molecular flexibility index (Phi) is 5.93. The number of amides is 1. The van der Waals surface area contributed by atoms with Gasteiger partial charge in [0.05, 0.1) is 25.0 Å². The maximum absolute atomic E-state index is 12.4. The van der Waals surface area contributed by atoms with Gasteiger partial charge < -0.3 is 25.4 Å². The maximum atomic E-state index is 12.4. The van der Waals surface area contributed by atoms with Crippen LogP contribution < -0.4 is 10.6 Å². The monoisotopic (exact) mass is 403 g/mol. The average molecular weight is 403 g/mol. The fourth-order valence-corrected chi connectivity index (χ4v) is 4.47. The minimum Gasteiger partial charge on any atom is -0.388 e. The molecule has 10 heteroatoms. The van der Waals surface area contributed by atoms with Crippen LogP contribution in [0.4, 0.5) is 5.82 Å². The molecule has 29 heavy (non-hydrogen) atoms. The van der Waals surface area contributed by atoms with Crippen molar-refractivity contribution in [1.82, 2.24) is 29.7 Å². The highest BCUT2D eigenvalue weighted by molar-refractivity contribution is 5.82. The molecular weight excluding hydrogens is 374 g/mol. The summed E-state index contributed by atoms with van der Waals surface area (Å²) in [5.41, 5.74) is 1.22. The van der Waals surface area contributed by atoms with Gasteiger partial charge in [0.2, 0.25) is 5.91 Å². The van der Waals surface area contributed by atoms with Gasteiger partial charge in [-0.05, 0) is 38.8 Å². The highest BCUT2D eigenvalue weighted by Crippen LogP contribution is 2.32. The van der Waals surface area contributed by atoms with E-state index in [0.717, 1.165) is 25.9 Å². The van der Waals surface area contributed by atoms with E-state index in [-0.39, 0.29) is 11.9 Å². The largest absolute Gasteiger partial charge is 0.388 e. The van der Waals surface area contributed by atoms with Crippen LogP contribution in [-0.4, -0.2) is 85.5 Å². The molecule has 1 aliphatic carbocycles. The van der Waals surface area contributed by atoms with Crippen molar-refractivity contribution in [3.05, 3.63) is 12.7 Å². The van der Waals surface area contributed by atoms with Crippen LogP contribution in [0.25, 0.3) is 11.2 Å². The first-order chi connectivity index (χ1) is 14.1.